The van der Waals surface area contributed by atoms with Crippen molar-refractivity contribution in [3.8, 4) is 11.8 Å². The molecule has 1 aromatic heterocycles. The summed E-state index contributed by atoms with van der Waals surface area (Å²) in [5.41, 5.74) is 3.06. The highest BCUT2D eigenvalue weighted by Gasteiger charge is 2.25. The minimum absolute atomic E-state index is 0.182. The van der Waals surface area contributed by atoms with E-state index < -0.39 is 0 Å². The number of aromatic nitrogens is 1. The summed E-state index contributed by atoms with van der Waals surface area (Å²) in [6, 6.07) is 12.0. The molecule has 0 saturated carbocycles. The van der Waals surface area contributed by atoms with Gasteiger partial charge in [0.05, 0.1) is 18.7 Å². The van der Waals surface area contributed by atoms with Gasteiger partial charge in [0.25, 0.3) is 0 Å². The molecule has 100 valence electrons. The summed E-state index contributed by atoms with van der Waals surface area (Å²) in [5, 5.41) is 12.5. The quantitative estimate of drug-likeness (QED) is 0.926. The van der Waals surface area contributed by atoms with Crippen LogP contribution in [0.15, 0.2) is 36.5 Å². The van der Waals surface area contributed by atoms with Gasteiger partial charge in [-0.05, 0) is 42.2 Å². The smallest absolute Gasteiger partial charge is 0.144 e. The molecule has 0 saturated heterocycles. The second kappa shape index (κ2) is 5.22. The average molecular weight is 265 g/mol. The molecule has 4 nitrogen and oxygen atoms in total. The van der Waals surface area contributed by atoms with Crippen molar-refractivity contribution >= 4 is 5.82 Å². The van der Waals surface area contributed by atoms with Gasteiger partial charge in [-0.2, -0.15) is 5.26 Å². The Hall–Kier alpha value is -2.54. The first-order valence-electron chi connectivity index (χ1n) is 6.61. The highest BCUT2D eigenvalue weighted by atomic mass is 16.5. The van der Waals surface area contributed by atoms with E-state index in [-0.39, 0.29) is 6.04 Å². The zero-order chi connectivity index (χ0) is 13.9. The third-order valence-corrected chi connectivity index (χ3v) is 3.69. The molecule has 0 bridgehead atoms. The van der Waals surface area contributed by atoms with Crippen molar-refractivity contribution in [1.29, 1.82) is 5.26 Å². The molecule has 0 amide bonds. The minimum Gasteiger partial charge on any atom is -0.496 e. The number of rotatable bonds is 3. The molecule has 1 heterocycles. The van der Waals surface area contributed by atoms with Crippen molar-refractivity contribution in [3.63, 3.8) is 0 Å². The Balaban J connectivity index is 1.91. The maximum absolute atomic E-state index is 9.12. The van der Waals surface area contributed by atoms with Crippen LogP contribution in [0, 0.1) is 11.3 Å². The molecule has 1 unspecified atom stereocenters. The summed E-state index contributed by atoms with van der Waals surface area (Å²) in [6.45, 7) is 0. The number of anilines is 1. The van der Waals surface area contributed by atoms with Gasteiger partial charge in [0.2, 0.25) is 0 Å². The molecule has 0 aliphatic heterocycles. The van der Waals surface area contributed by atoms with E-state index in [1.807, 2.05) is 12.1 Å². The third kappa shape index (κ3) is 2.08. The fourth-order valence-corrected chi connectivity index (χ4v) is 2.74. The lowest BCUT2D eigenvalue weighted by atomic mass is 10.1. The van der Waals surface area contributed by atoms with Gasteiger partial charge in [0, 0.05) is 6.20 Å². The van der Waals surface area contributed by atoms with Crippen LogP contribution in [0.2, 0.25) is 0 Å². The Morgan fingerprint density at radius 1 is 1.35 bits per heavy atom. The number of hydrogen-bond donors (Lipinski definition) is 1. The van der Waals surface area contributed by atoms with Crippen molar-refractivity contribution in [2.45, 2.75) is 18.9 Å². The van der Waals surface area contributed by atoms with Crippen LogP contribution in [-0.2, 0) is 6.42 Å². The maximum atomic E-state index is 9.12. The topological polar surface area (TPSA) is 57.9 Å². The predicted octanol–water partition coefficient (Wildman–Crippen LogP) is 3.06. The van der Waals surface area contributed by atoms with Gasteiger partial charge < -0.3 is 10.1 Å². The van der Waals surface area contributed by atoms with Gasteiger partial charge in [-0.3, -0.25) is 0 Å². The van der Waals surface area contributed by atoms with Crippen molar-refractivity contribution in [2.24, 2.45) is 0 Å². The van der Waals surface area contributed by atoms with Crippen LogP contribution in [0.3, 0.4) is 0 Å². The van der Waals surface area contributed by atoms with E-state index in [2.05, 4.69) is 22.4 Å². The summed E-state index contributed by atoms with van der Waals surface area (Å²) in [7, 11) is 1.70. The second-order valence-corrected chi connectivity index (χ2v) is 4.78. The van der Waals surface area contributed by atoms with Crippen molar-refractivity contribution in [3.05, 3.63) is 53.2 Å². The van der Waals surface area contributed by atoms with Gasteiger partial charge >= 0.3 is 0 Å². The molecule has 0 spiro atoms. The van der Waals surface area contributed by atoms with Gasteiger partial charge in [0.1, 0.15) is 17.6 Å². The highest BCUT2D eigenvalue weighted by molar-refractivity contribution is 5.55. The van der Waals surface area contributed by atoms with E-state index in [0.717, 1.165) is 18.6 Å². The largest absolute Gasteiger partial charge is 0.496 e. The van der Waals surface area contributed by atoms with Gasteiger partial charge in [-0.15, -0.1) is 0 Å². The zero-order valence-corrected chi connectivity index (χ0v) is 11.3. The van der Waals surface area contributed by atoms with Crippen molar-refractivity contribution in [2.75, 3.05) is 12.4 Å². The SMILES string of the molecule is COc1cccc2c1CCC2Nc1ncccc1C#N. The Kier molecular flexibility index (Phi) is 3.26. The fourth-order valence-electron chi connectivity index (χ4n) is 2.74. The standard InChI is InChI=1S/C16H15N3O/c1-20-15-6-2-5-12-13(15)7-8-14(12)19-16-11(10-17)4-3-9-18-16/h2-6,9,14H,7-8H2,1H3,(H,18,19). The minimum atomic E-state index is 0.182. The molecule has 20 heavy (non-hydrogen) atoms. The number of nitriles is 1. The molecule has 4 heteroatoms. The summed E-state index contributed by atoms with van der Waals surface area (Å²) in [4.78, 5) is 4.26. The number of hydrogen-bond acceptors (Lipinski definition) is 4. The molecule has 1 aliphatic rings. The number of ether oxygens (including phenoxy) is 1. The van der Waals surface area contributed by atoms with E-state index in [1.54, 1.807) is 25.4 Å². The highest BCUT2D eigenvalue weighted by Crippen LogP contribution is 2.38. The first-order valence-corrected chi connectivity index (χ1v) is 6.61. The summed E-state index contributed by atoms with van der Waals surface area (Å²) < 4.78 is 5.40. The molecule has 3 rings (SSSR count). The van der Waals surface area contributed by atoms with Gasteiger partial charge in [-0.1, -0.05) is 12.1 Å². The number of pyridine rings is 1. The molecule has 0 fully saturated rings. The lowest BCUT2D eigenvalue weighted by Gasteiger charge is -2.16. The van der Waals surface area contributed by atoms with Crippen LogP contribution in [0.1, 0.15) is 29.2 Å². The molecule has 0 radical (unpaired) electrons. The normalized spacial score (nSPS) is 16.3. The molecule has 2 aromatic rings. The van der Waals surface area contributed by atoms with Crippen LogP contribution in [0.5, 0.6) is 5.75 Å². The van der Waals surface area contributed by atoms with E-state index in [4.69, 9.17) is 10.00 Å². The Bertz CT molecular complexity index is 676. The van der Waals surface area contributed by atoms with Crippen LogP contribution in [0.4, 0.5) is 5.82 Å². The van der Waals surface area contributed by atoms with Crippen LogP contribution in [-0.4, -0.2) is 12.1 Å². The lowest BCUT2D eigenvalue weighted by Crippen LogP contribution is -2.09. The average Bonchev–Trinajstić information content (AvgIpc) is 2.91. The van der Waals surface area contributed by atoms with Gasteiger partial charge in [0.15, 0.2) is 0 Å². The molecular formula is C16H15N3O. The molecular weight excluding hydrogens is 250 g/mol. The number of nitrogens with zero attached hydrogens (tertiary/aromatic N) is 2. The Morgan fingerprint density at radius 2 is 2.25 bits per heavy atom. The van der Waals surface area contributed by atoms with Crippen molar-refractivity contribution < 1.29 is 4.74 Å². The number of fused-ring (bicyclic) bond motifs is 1. The first-order chi connectivity index (χ1) is 9.83. The number of nitrogens with one attached hydrogen (secondary N) is 1. The van der Waals surface area contributed by atoms with E-state index >= 15 is 0 Å². The molecule has 1 aliphatic carbocycles. The zero-order valence-electron chi connectivity index (χ0n) is 11.3. The van der Waals surface area contributed by atoms with Gasteiger partial charge in [-0.25, -0.2) is 4.98 Å². The molecule has 1 atom stereocenters. The Morgan fingerprint density at radius 3 is 3.05 bits per heavy atom. The van der Waals surface area contributed by atoms with Crippen LogP contribution in [0.25, 0.3) is 0 Å². The first kappa shape index (κ1) is 12.5. The summed E-state index contributed by atoms with van der Waals surface area (Å²) in [5.74, 6) is 1.59. The summed E-state index contributed by atoms with van der Waals surface area (Å²) >= 11 is 0. The third-order valence-electron chi connectivity index (χ3n) is 3.69. The number of benzene rings is 1. The van der Waals surface area contributed by atoms with E-state index in [0.29, 0.717) is 11.4 Å². The maximum Gasteiger partial charge on any atom is 0.144 e. The number of methoxy groups -OCH3 is 1. The van der Waals surface area contributed by atoms with Crippen LogP contribution < -0.4 is 10.1 Å². The van der Waals surface area contributed by atoms with Crippen LogP contribution >= 0.6 is 0 Å². The summed E-state index contributed by atoms with van der Waals surface area (Å²) in [6.07, 6.45) is 3.66. The van der Waals surface area contributed by atoms with E-state index in [9.17, 15) is 0 Å². The predicted molar refractivity (Wildman–Crippen MR) is 76.6 cm³/mol. The Labute approximate surface area is 118 Å². The lowest BCUT2D eigenvalue weighted by molar-refractivity contribution is 0.410. The monoisotopic (exact) mass is 265 g/mol. The second-order valence-electron chi connectivity index (χ2n) is 4.78. The molecule has 1 N–H and O–H groups in total. The van der Waals surface area contributed by atoms with E-state index in [1.165, 1.54) is 11.1 Å². The fraction of sp³-hybridized carbons (Fsp3) is 0.250. The molecule has 1 aromatic carbocycles. The van der Waals surface area contributed by atoms with Crippen molar-refractivity contribution in [1.82, 2.24) is 4.98 Å².